The molecule has 3 rings (SSSR count). The van der Waals surface area contributed by atoms with Crippen LogP contribution < -0.4 is 0 Å². The molecule has 1 aliphatic carbocycles. The lowest BCUT2D eigenvalue weighted by Gasteiger charge is -2.09. The summed E-state index contributed by atoms with van der Waals surface area (Å²) in [5, 5.41) is 11.1. The maximum Gasteiger partial charge on any atom is 0.311 e. The highest BCUT2D eigenvalue weighted by molar-refractivity contribution is 6.35. The predicted octanol–water partition coefficient (Wildman–Crippen LogP) is 3.41. The van der Waals surface area contributed by atoms with Gasteiger partial charge in [-0.25, -0.2) is 0 Å². The van der Waals surface area contributed by atoms with E-state index in [1.54, 1.807) is 0 Å². The highest BCUT2D eigenvalue weighted by Gasteiger charge is 2.38. The van der Waals surface area contributed by atoms with E-state index < -0.39 is 11.9 Å². The fraction of sp³-hybridized carbons (Fsp3) is 0.357. The predicted molar refractivity (Wildman–Crippen MR) is 71.0 cm³/mol. The first kappa shape index (κ1) is 11.6. The SMILES string of the molecule is Cn1cc(C(C(=O)O)C2CC2)c2cccc(Cl)c21. The highest BCUT2D eigenvalue weighted by atomic mass is 35.5. The van der Waals surface area contributed by atoms with Gasteiger partial charge in [0.05, 0.1) is 16.5 Å². The Morgan fingerprint density at radius 2 is 2.22 bits per heavy atom. The Morgan fingerprint density at radius 3 is 2.83 bits per heavy atom. The van der Waals surface area contributed by atoms with Crippen molar-refractivity contribution in [3.05, 3.63) is 35.0 Å². The van der Waals surface area contributed by atoms with Gasteiger partial charge in [-0.3, -0.25) is 4.79 Å². The van der Waals surface area contributed by atoms with Gasteiger partial charge in [0, 0.05) is 18.6 Å². The lowest BCUT2D eigenvalue weighted by Crippen LogP contribution is -2.13. The minimum atomic E-state index is -0.732. The molecule has 94 valence electrons. The molecule has 1 aromatic carbocycles. The highest BCUT2D eigenvalue weighted by Crippen LogP contribution is 2.45. The number of hydrogen-bond acceptors (Lipinski definition) is 1. The Hall–Kier alpha value is -1.48. The normalized spacial score (nSPS) is 17.0. The topological polar surface area (TPSA) is 42.2 Å². The van der Waals surface area contributed by atoms with E-state index in [1.807, 2.05) is 36.0 Å². The summed E-state index contributed by atoms with van der Waals surface area (Å²) in [5.41, 5.74) is 1.81. The van der Waals surface area contributed by atoms with E-state index >= 15 is 0 Å². The molecule has 1 fully saturated rings. The minimum Gasteiger partial charge on any atom is -0.481 e. The van der Waals surface area contributed by atoms with Gasteiger partial charge in [0.15, 0.2) is 0 Å². The summed E-state index contributed by atoms with van der Waals surface area (Å²) in [5.74, 6) is -0.843. The molecule has 0 bridgehead atoms. The average Bonchev–Trinajstić information content (AvgIpc) is 3.06. The average molecular weight is 264 g/mol. The zero-order valence-electron chi connectivity index (χ0n) is 10.1. The summed E-state index contributed by atoms with van der Waals surface area (Å²) in [6.45, 7) is 0. The second kappa shape index (κ2) is 4.02. The fourth-order valence-electron chi connectivity index (χ4n) is 2.72. The molecule has 1 unspecified atom stereocenters. The van der Waals surface area contributed by atoms with Crippen molar-refractivity contribution in [1.82, 2.24) is 4.57 Å². The van der Waals surface area contributed by atoms with Crippen LogP contribution in [-0.4, -0.2) is 15.6 Å². The maximum atomic E-state index is 11.5. The van der Waals surface area contributed by atoms with Crippen molar-refractivity contribution in [2.24, 2.45) is 13.0 Å². The lowest BCUT2D eigenvalue weighted by molar-refractivity contribution is -0.139. The van der Waals surface area contributed by atoms with Gasteiger partial charge in [-0.05, 0) is 30.4 Å². The Labute approximate surface area is 110 Å². The van der Waals surface area contributed by atoms with E-state index in [0.717, 1.165) is 29.3 Å². The van der Waals surface area contributed by atoms with E-state index in [2.05, 4.69) is 0 Å². The van der Waals surface area contributed by atoms with Crippen LogP contribution in [0.3, 0.4) is 0 Å². The van der Waals surface area contributed by atoms with E-state index in [1.165, 1.54) is 0 Å². The fourth-order valence-corrected chi connectivity index (χ4v) is 3.02. The third kappa shape index (κ3) is 1.70. The second-order valence-corrected chi connectivity index (χ2v) is 5.39. The van der Waals surface area contributed by atoms with Gasteiger partial charge in [0.2, 0.25) is 0 Å². The Kier molecular flexibility index (Phi) is 2.59. The Balaban J connectivity index is 2.23. The van der Waals surface area contributed by atoms with Gasteiger partial charge in [-0.1, -0.05) is 23.7 Å². The number of fused-ring (bicyclic) bond motifs is 1. The van der Waals surface area contributed by atoms with Crippen LogP contribution in [0.25, 0.3) is 10.9 Å². The number of halogens is 1. The molecule has 0 aliphatic heterocycles. The number of benzene rings is 1. The van der Waals surface area contributed by atoms with Gasteiger partial charge < -0.3 is 9.67 Å². The number of rotatable bonds is 3. The molecule has 4 heteroatoms. The minimum absolute atomic E-state index is 0.284. The standard InChI is InChI=1S/C14H14ClNO2/c1-16-7-10(12(14(17)18)8-5-6-8)9-3-2-4-11(15)13(9)16/h2-4,7-8,12H,5-6H2,1H3,(H,17,18). The van der Waals surface area contributed by atoms with E-state index in [0.29, 0.717) is 5.02 Å². The molecule has 0 amide bonds. The number of carboxylic acid groups (broad SMARTS) is 1. The molecule has 1 atom stereocenters. The largest absolute Gasteiger partial charge is 0.481 e. The molecular formula is C14H14ClNO2. The van der Waals surface area contributed by atoms with Crippen molar-refractivity contribution < 1.29 is 9.90 Å². The summed E-state index contributed by atoms with van der Waals surface area (Å²) >= 11 is 6.19. The zero-order valence-corrected chi connectivity index (χ0v) is 10.8. The van der Waals surface area contributed by atoms with Crippen LogP contribution in [0, 0.1) is 5.92 Å². The summed E-state index contributed by atoms with van der Waals surface area (Å²) < 4.78 is 1.92. The van der Waals surface area contributed by atoms with Crippen molar-refractivity contribution >= 4 is 28.5 Å². The number of nitrogens with zero attached hydrogens (tertiary/aromatic N) is 1. The number of aliphatic carboxylic acids is 1. The number of hydrogen-bond donors (Lipinski definition) is 1. The summed E-state index contributed by atoms with van der Waals surface area (Å²) in [4.78, 5) is 11.5. The smallest absolute Gasteiger partial charge is 0.311 e. The number of aryl methyl sites for hydroxylation is 1. The van der Waals surface area contributed by atoms with Gasteiger partial charge in [-0.15, -0.1) is 0 Å². The first-order chi connectivity index (χ1) is 8.59. The molecule has 1 aromatic heterocycles. The second-order valence-electron chi connectivity index (χ2n) is 4.98. The third-order valence-corrected chi connectivity index (χ3v) is 3.98. The van der Waals surface area contributed by atoms with Crippen LogP contribution in [0.5, 0.6) is 0 Å². The molecule has 0 radical (unpaired) electrons. The first-order valence-corrected chi connectivity index (χ1v) is 6.43. The number of carbonyl (C=O) groups is 1. The Bertz CT molecular complexity index is 628. The van der Waals surface area contributed by atoms with Gasteiger partial charge in [0.1, 0.15) is 0 Å². The molecule has 18 heavy (non-hydrogen) atoms. The van der Waals surface area contributed by atoms with Crippen molar-refractivity contribution in [2.45, 2.75) is 18.8 Å². The van der Waals surface area contributed by atoms with Crippen molar-refractivity contribution in [3.63, 3.8) is 0 Å². The molecular weight excluding hydrogens is 250 g/mol. The molecule has 1 saturated carbocycles. The molecule has 0 spiro atoms. The van der Waals surface area contributed by atoms with Crippen LogP contribution in [0.2, 0.25) is 5.02 Å². The molecule has 3 nitrogen and oxygen atoms in total. The number of para-hydroxylation sites is 1. The zero-order chi connectivity index (χ0) is 12.9. The molecule has 0 saturated heterocycles. The van der Waals surface area contributed by atoms with E-state index in [9.17, 15) is 9.90 Å². The number of aromatic nitrogens is 1. The molecule has 1 aliphatic rings. The van der Waals surface area contributed by atoms with Crippen molar-refractivity contribution in [2.75, 3.05) is 0 Å². The van der Waals surface area contributed by atoms with Crippen molar-refractivity contribution in [1.29, 1.82) is 0 Å². The monoisotopic (exact) mass is 263 g/mol. The first-order valence-electron chi connectivity index (χ1n) is 6.06. The van der Waals surface area contributed by atoms with E-state index in [4.69, 9.17) is 11.6 Å². The van der Waals surface area contributed by atoms with Gasteiger partial charge >= 0.3 is 5.97 Å². The van der Waals surface area contributed by atoms with Crippen LogP contribution in [0.4, 0.5) is 0 Å². The summed E-state index contributed by atoms with van der Waals surface area (Å²) in [6.07, 6.45) is 3.93. The van der Waals surface area contributed by atoms with E-state index in [-0.39, 0.29) is 5.92 Å². The molecule has 2 aromatic rings. The third-order valence-electron chi connectivity index (χ3n) is 3.68. The van der Waals surface area contributed by atoms with Crippen LogP contribution in [0.1, 0.15) is 24.3 Å². The lowest BCUT2D eigenvalue weighted by atomic mass is 9.94. The summed E-state index contributed by atoms with van der Waals surface area (Å²) in [6, 6.07) is 5.66. The van der Waals surface area contributed by atoms with Crippen LogP contribution in [0.15, 0.2) is 24.4 Å². The van der Waals surface area contributed by atoms with Gasteiger partial charge in [0.25, 0.3) is 0 Å². The van der Waals surface area contributed by atoms with Crippen LogP contribution in [-0.2, 0) is 11.8 Å². The van der Waals surface area contributed by atoms with Crippen molar-refractivity contribution in [3.8, 4) is 0 Å². The number of carboxylic acids is 1. The molecule has 1 heterocycles. The summed E-state index contributed by atoms with van der Waals surface area (Å²) in [7, 11) is 1.91. The van der Waals surface area contributed by atoms with Crippen LogP contribution >= 0.6 is 11.6 Å². The maximum absolute atomic E-state index is 11.5. The Morgan fingerprint density at radius 1 is 1.50 bits per heavy atom. The quantitative estimate of drug-likeness (QED) is 0.922. The molecule has 1 N–H and O–H groups in total. The van der Waals surface area contributed by atoms with Gasteiger partial charge in [-0.2, -0.15) is 0 Å².